The standard InChI is InChI=1S/C27H35N3O2/c1-6-28-25(29-27(4)14-15-27)23-18(2)7-8-19(3)24(23)26(31)30-16-13-21(17-30)20-9-11-22(32-5)12-10-20/h6,9-12,21,29H,2,7-8,13-17H2,1,3-5H3/b25-23-,28-6-. The molecule has 2 aliphatic carbocycles. The molecule has 3 aliphatic rings. The average molecular weight is 434 g/mol. The summed E-state index contributed by atoms with van der Waals surface area (Å²) < 4.78 is 5.28. The molecule has 170 valence electrons. The number of nitrogens with zero attached hydrogens (tertiary/aromatic N) is 2. The minimum Gasteiger partial charge on any atom is -0.497 e. The van der Waals surface area contributed by atoms with Crippen LogP contribution in [0.5, 0.6) is 5.75 Å². The van der Waals surface area contributed by atoms with Crippen molar-refractivity contribution in [3.63, 3.8) is 0 Å². The Morgan fingerprint density at radius 3 is 2.62 bits per heavy atom. The van der Waals surface area contributed by atoms with E-state index in [0.717, 1.165) is 79.1 Å². The SMILES string of the molecule is C=C1CCC(C)=C(C(=O)N2CCC(c3ccc(OC)cc3)C2)/C1=C(/N=C\C)NC1(C)CC1. The van der Waals surface area contributed by atoms with E-state index in [1.54, 1.807) is 13.3 Å². The van der Waals surface area contributed by atoms with Gasteiger partial charge in [-0.3, -0.25) is 4.79 Å². The lowest BCUT2D eigenvalue weighted by Crippen LogP contribution is -2.34. The Bertz CT molecular complexity index is 996. The largest absolute Gasteiger partial charge is 0.497 e. The van der Waals surface area contributed by atoms with Crippen LogP contribution in [0.2, 0.25) is 0 Å². The average Bonchev–Trinajstić information content (AvgIpc) is 3.31. The molecule has 0 radical (unpaired) electrons. The number of amides is 1. The Hall–Kier alpha value is -2.82. The molecule has 0 spiro atoms. The van der Waals surface area contributed by atoms with Crippen LogP contribution in [0.25, 0.3) is 0 Å². The van der Waals surface area contributed by atoms with Crippen molar-refractivity contribution >= 4 is 12.1 Å². The molecule has 5 nitrogen and oxygen atoms in total. The van der Waals surface area contributed by atoms with Gasteiger partial charge in [0.05, 0.1) is 7.11 Å². The molecule has 1 aliphatic heterocycles. The van der Waals surface area contributed by atoms with Crippen LogP contribution < -0.4 is 10.1 Å². The molecule has 1 saturated heterocycles. The van der Waals surface area contributed by atoms with Crippen molar-refractivity contribution in [2.24, 2.45) is 4.99 Å². The van der Waals surface area contributed by atoms with E-state index in [0.29, 0.717) is 5.92 Å². The van der Waals surface area contributed by atoms with Gasteiger partial charge in [-0.2, -0.15) is 0 Å². The maximum atomic E-state index is 13.8. The van der Waals surface area contributed by atoms with Gasteiger partial charge in [-0.1, -0.05) is 24.3 Å². The van der Waals surface area contributed by atoms with Crippen LogP contribution in [0.3, 0.4) is 0 Å². The van der Waals surface area contributed by atoms with Crippen LogP contribution in [-0.2, 0) is 4.79 Å². The van der Waals surface area contributed by atoms with Crippen molar-refractivity contribution in [2.75, 3.05) is 20.2 Å². The molecule has 5 heteroatoms. The summed E-state index contributed by atoms with van der Waals surface area (Å²) in [5.41, 5.74) is 5.18. The van der Waals surface area contributed by atoms with Crippen molar-refractivity contribution < 1.29 is 9.53 Å². The van der Waals surface area contributed by atoms with Crippen LogP contribution in [0.15, 0.2) is 64.0 Å². The highest BCUT2D eigenvalue weighted by molar-refractivity contribution is 6.01. The van der Waals surface area contributed by atoms with Gasteiger partial charge in [-0.05, 0) is 76.1 Å². The fourth-order valence-electron chi connectivity index (χ4n) is 4.69. The molecule has 1 saturated carbocycles. The summed E-state index contributed by atoms with van der Waals surface area (Å²) in [5.74, 6) is 2.12. The number of benzene rings is 1. The third-order valence-electron chi connectivity index (χ3n) is 7.02. The molecular formula is C27H35N3O2. The molecule has 0 aromatic heterocycles. The molecule has 1 aromatic carbocycles. The predicted octanol–water partition coefficient (Wildman–Crippen LogP) is 5.12. The van der Waals surface area contributed by atoms with E-state index < -0.39 is 0 Å². The van der Waals surface area contributed by atoms with E-state index in [4.69, 9.17) is 4.74 Å². The highest BCUT2D eigenvalue weighted by Crippen LogP contribution is 2.41. The second-order valence-corrected chi connectivity index (χ2v) is 9.57. The summed E-state index contributed by atoms with van der Waals surface area (Å²) in [6, 6.07) is 8.23. The predicted molar refractivity (Wildman–Crippen MR) is 130 cm³/mol. The van der Waals surface area contributed by atoms with Crippen molar-refractivity contribution in [1.29, 1.82) is 0 Å². The highest BCUT2D eigenvalue weighted by Gasteiger charge is 2.40. The number of hydrogen-bond acceptors (Lipinski definition) is 4. The number of rotatable bonds is 6. The van der Waals surface area contributed by atoms with E-state index in [9.17, 15) is 4.79 Å². The number of carbonyl (C=O) groups is 1. The van der Waals surface area contributed by atoms with Gasteiger partial charge in [-0.25, -0.2) is 4.99 Å². The number of methoxy groups -OCH3 is 1. The summed E-state index contributed by atoms with van der Waals surface area (Å²) in [6.07, 6.45) is 6.76. The summed E-state index contributed by atoms with van der Waals surface area (Å²) >= 11 is 0. The van der Waals surface area contributed by atoms with E-state index in [1.165, 1.54) is 5.56 Å². The van der Waals surface area contributed by atoms with Crippen LogP contribution in [0.1, 0.15) is 64.4 Å². The van der Waals surface area contributed by atoms with Crippen molar-refractivity contribution in [1.82, 2.24) is 10.2 Å². The minimum absolute atomic E-state index is 0.0712. The molecule has 4 rings (SSSR count). The topological polar surface area (TPSA) is 53.9 Å². The molecule has 32 heavy (non-hydrogen) atoms. The van der Waals surface area contributed by atoms with Crippen LogP contribution in [0, 0.1) is 0 Å². The molecule has 2 fully saturated rings. The lowest BCUT2D eigenvalue weighted by atomic mass is 9.83. The smallest absolute Gasteiger partial charge is 0.254 e. The van der Waals surface area contributed by atoms with E-state index in [-0.39, 0.29) is 11.4 Å². The Labute approximate surface area is 191 Å². The van der Waals surface area contributed by atoms with Crippen LogP contribution in [-0.4, -0.2) is 42.8 Å². The lowest BCUT2D eigenvalue weighted by Gasteiger charge is -2.29. The molecule has 1 heterocycles. The monoisotopic (exact) mass is 433 g/mol. The fraction of sp³-hybridized carbons (Fsp3) is 0.481. The molecular weight excluding hydrogens is 398 g/mol. The number of ether oxygens (including phenoxy) is 1. The quantitative estimate of drug-likeness (QED) is 0.634. The molecule has 1 aromatic rings. The van der Waals surface area contributed by atoms with Gasteiger partial charge < -0.3 is 15.0 Å². The van der Waals surface area contributed by atoms with Gasteiger partial charge in [0.15, 0.2) is 0 Å². The highest BCUT2D eigenvalue weighted by atomic mass is 16.5. The number of likely N-dealkylation sites (tertiary alicyclic amines) is 1. The fourth-order valence-corrected chi connectivity index (χ4v) is 4.69. The van der Waals surface area contributed by atoms with E-state index in [2.05, 4.69) is 42.9 Å². The van der Waals surface area contributed by atoms with E-state index >= 15 is 0 Å². The number of carbonyl (C=O) groups excluding carboxylic acids is 1. The molecule has 0 bridgehead atoms. The summed E-state index contributed by atoms with van der Waals surface area (Å²) in [6.45, 7) is 12.1. The zero-order valence-electron chi connectivity index (χ0n) is 19.8. The Morgan fingerprint density at radius 1 is 1.28 bits per heavy atom. The molecule has 1 N–H and O–H groups in total. The van der Waals surface area contributed by atoms with Crippen LogP contribution in [0.4, 0.5) is 0 Å². The van der Waals surface area contributed by atoms with Gasteiger partial charge in [-0.15, -0.1) is 0 Å². The van der Waals surface area contributed by atoms with Gasteiger partial charge in [0.2, 0.25) is 0 Å². The third-order valence-corrected chi connectivity index (χ3v) is 7.02. The first kappa shape index (κ1) is 22.4. The first-order valence-electron chi connectivity index (χ1n) is 11.7. The van der Waals surface area contributed by atoms with Gasteiger partial charge in [0, 0.05) is 41.9 Å². The zero-order chi connectivity index (χ0) is 22.9. The molecule has 1 unspecified atom stereocenters. The van der Waals surface area contributed by atoms with Crippen molar-refractivity contribution in [3.05, 3.63) is 64.5 Å². The summed E-state index contributed by atoms with van der Waals surface area (Å²) in [7, 11) is 1.68. The number of aliphatic imine (C=N–C) groups is 1. The molecule has 1 atom stereocenters. The number of allylic oxidation sites excluding steroid dienone is 2. The second kappa shape index (κ2) is 8.97. The van der Waals surface area contributed by atoms with Crippen molar-refractivity contribution in [2.45, 2.75) is 64.3 Å². The van der Waals surface area contributed by atoms with Gasteiger partial charge in [0.25, 0.3) is 5.91 Å². The minimum atomic E-state index is 0.0712. The third kappa shape index (κ3) is 4.52. The molecule has 1 amide bonds. The Balaban J connectivity index is 1.61. The zero-order valence-corrected chi connectivity index (χ0v) is 19.8. The van der Waals surface area contributed by atoms with Crippen LogP contribution >= 0.6 is 0 Å². The lowest BCUT2D eigenvalue weighted by molar-refractivity contribution is -0.126. The summed E-state index contributed by atoms with van der Waals surface area (Å²) in [4.78, 5) is 20.5. The second-order valence-electron chi connectivity index (χ2n) is 9.57. The normalized spacial score (nSPS) is 24.2. The van der Waals surface area contributed by atoms with Gasteiger partial charge in [0.1, 0.15) is 11.6 Å². The maximum Gasteiger partial charge on any atom is 0.254 e. The number of nitrogens with one attached hydrogen (secondary N) is 1. The summed E-state index contributed by atoms with van der Waals surface area (Å²) in [5, 5.41) is 3.61. The Morgan fingerprint density at radius 2 is 2.00 bits per heavy atom. The maximum absolute atomic E-state index is 13.8. The Kier molecular flexibility index (Phi) is 6.27. The number of hydrogen-bond donors (Lipinski definition) is 1. The van der Waals surface area contributed by atoms with E-state index in [1.807, 2.05) is 24.0 Å². The van der Waals surface area contributed by atoms with Crippen molar-refractivity contribution in [3.8, 4) is 5.75 Å². The van der Waals surface area contributed by atoms with Gasteiger partial charge >= 0.3 is 0 Å². The first-order chi connectivity index (χ1) is 15.3. The first-order valence-corrected chi connectivity index (χ1v) is 11.7.